The molecule has 0 aliphatic rings. The lowest BCUT2D eigenvalue weighted by atomic mass is 10.1. The molecule has 0 saturated heterocycles. The lowest BCUT2D eigenvalue weighted by molar-refractivity contribution is -0.384. The van der Waals surface area contributed by atoms with Gasteiger partial charge >= 0.3 is 0 Å². The minimum atomic E-state index is -0.623. The van der Waals surface area contributed by atoms with E-state index in [0.717, 1.165) is 0 Å². The largest absolute Gasteiger partial charge is 0.497 e. The Morgan fingerprint density at radius 3 is 2.41 bits per heavy atom. The maximum Gasteiger partial charge on any atom is 0.272 e. The van der Waals surface area contributed by atoms with E-state index in [1.54, 1.807) is 48.5 Å². The van der Waals surface area contributed by atoms with Crippen LogP contribution in [0.5, 0.6) is 5.75 Å². The Bertz CT molecular complexity index is 1190. The zero-order valence-electron chi connectivity index (χ0n) is 16.9. The first-order valence-electron chi connectivity index (χ1n) is 9.35. The van der Waals surface area contributed by atoms with Gasteiger partial charge in [-0.3, -0.25) is 19.7 Å². The fourth-order valence-corrected chi connectivity index (χ4v) is 2.98. The highest BCUT2D eigenvalue weighted by atomic mass is 35.5. The fraction of sp³-hybridized carbons (Fsp3) is 0.0435. The van der Waals surface area contributed by atoms with E-state index in [1.165, 1.54) is 37.5 Å². The number of benzene rings is 3. The second kappa shape index (κ2) is 10.2. The third kappa shape index (κ3) is 5.71. The molecule has 162 valence electrons. The smallest absolute Gasteiger partial charge is 0.272 e. The molecule has 0 heterocycles. The SMILES string of the molecule is COc1ccc(NC(=O)C(=Cc2cccc([N+](=O)[O-])c2)NC(=O)c2ccccc2Cl)cc1. The average molecular weight is 452 g/mol. The lowest BCUT2D eigenvalue weighted by Gasteiger charge is -2.12. The van der Waals surface area contributed by atoms with Gasteiger partial charge in [-0.05, 0) is 48.0 Å². The highest BCUT2D eigenvalue weighted by molar-refractivity contribution is 6.34. The summed E-state index contributed by atoms with van der Waals surface area (Å²) >= 11 is 6.09. The van der Waals surface area contributed by atoms with Crippen LogP contribution in [0.3, 0.4) is 0 Å². The van der Waals surface area contributed by atoms with Crippen molar-refractivity contribution < 1.29 is 19.2 Å². The summed E-state index contributed by atoms with van der Waals surface area (Å²) in [5.41, 5.74) is 0.736. The van der Waals surface area contributed by atoms with Gasteiger partial charge in [0, 0.05) is 17.8 Å². The summed E-state index contributed by atoms with van der Waals surface area (Å²) in [5.74, 6) is -0.610. The molecule has 32 heavy (non-hydrogen) atoms. The quantitative estimate of drug-likeness (QED) is 0.308. The zero-order chi connectivity index (χ0) is 23.1. The van der Waals surface area contributed by atoms with E-state index in [1.807, 2.05) is 0 Å². The zero-order valence-corrected chi connectivity index (χ0v) is 17.6. The van der Waals surface area contributed by atoms with Gasteiger partial charge in [-0.15, -0.1) is 0 Å². The van der Waals surface area contributed by atoms with Crippen molar-refractivity contribution in [1.82, 2.24) is 5.32 Å². The summed E-state index contributed by atoms with van der Waals surface area (Å²) in [7, 11) is 1.53. The number of halogens is 1. The normalized spacial score (nSPS) is 10.9. The van der Waals surface area contributed by atoms with Crippen LogP contribution < -0.4 is 15.4 Å². The van der Waals surface area contributed by atoms with Crippen LogP contribution in [-0.2, 0) is 4.79 Å². The molecule has 3 aromatic carbocycles. The van der Waals surface area contributed by atoms with Crippen LogP contribution in [0.15, 0.2) is 78.5 Å². The van der Waals surface area contributed by atoms with Crippen molar-refractivity contribution in [3.8, 4) is 5.75 Å². The van der Waals surface area contributed by atoms with Crippen molar-refractivity contribution in [3.63, 3.8) is 0 Å². The Kier molecular flexibility index (Phi) is 7.20. The number of nitro groups is 1. The highest BCUT2D eigenvalue weighted by Gasteiger charge is 2.17. The van der Waals surface area contributed by atoms with Crippen molar-refractivity contribution >= 4 is 40.9 Å². The van der Waals surface area contributed by atoms with E-state index in [-0.39, 0.29) is 22.0 Å². The summed E-state index contributed by atoms with van der Waals surface area (Å²) in [5, 5.41) is 16.5. The van der Waals surface area contributed by atoms with Crippen molar-refractivity contribution in [3.05, 3.63) is 105 Å². The number of carbonyl (C=O) groups is 2. The summed E-state index contributed by atoms with van der Waals surface area (Å²) in [6, 6.07) is 18.7. The molecule has 0 bridgehead atoms. The molecule has 3 rings (SSSR count). The molecule has 0 atom stereocenters. The standard InChI is InChI=1S/C23H18ClN3O5/c1-32-18-11-9-16(10-12-18)25-23(29)21(14-15-5-4-6-17(13-15)27(30)31)26-22(28)19-7-2-3-8-20(19)24/h2-14H,1H3,(H,25,29)(H,26,28). The number of hydrogen-bond donors (Lipinski definition) is 2. The van der Waals surface area contributed by atoms with Gasteiger partial charge in [0.05, 0.1) is 22.6 Å². The predicted molar refractivity (Wildman–Crippen MR) is 122 cm³/mol. The van der Waals surface area contributed by atoms with Crippen LogP contribution >= 0.6 is 11.6 Å². The minimum absolute atomic E-state index is 0.119. The number of methoxy groups -OCH3 is 1. The van der Waals surface area contributed by atoms with Crippen molar-refractivity contribution in [2.45, 2.75) is 0 Å². The molecule has 0 aliphatic carbocycles. The van der Waals surface area contributed by atoms with E-state index in [9.17, 15) is 19.7 Å². The molecule has 0 spiro atoms. The highest BCUT2D eigenvalue weighted by Crippen LogP contribution is 2.19. The number of carbonyl (C=O) groups excluding carboxylic acids is 2. The number of amides is 2. The Hall–Kier alpha value is -4.17. The number of hydrogen-bond acceptors (Lipinski definition) is 5. The van der Waals surface area contributed by atoms with Crippen molar-refractivity contribution in [1.29, 1.82) is 0 Å². The molecule has 0 radical (unpaired) electrons. The number of non-ortho nitro benzene ring substituents is 1. The Balaban J connectivity index is 1.93. The molecular formula is C23H18ClN3O5. The van der Waals surface area contributed by atoms with Crippen LogP contribution in [0.25, 0.3) is 6.08 Å². The van der Waals surface area contributed by atoms with Crippen LogP contribution in [0.2, 0.25) is 5.02 Å². The van der Waals surface area contributed by atoms with Gasteiger partial charge in [0.1, 0.15) is 11.4 Å². The summed E-state index contributed by atoms with van der Waals surface area (Å²) < 4.78 is 5.10. The predicted octanol–water partition coefficient (Wildman–Crippen LogP) is 4.67. The number of nitrogens with one attached hydrogen (secondary N) is 2. The second-order valence-corrected chi connectivity index (χ2v) is 6.93. The summed E-state index contributed by atoms with van der Waals surface area (Å²) in [6.07, 6.45) is 1.35. The number of anilines is 1. The van der Waals surface area contributed by atoms with Crippen LogP contribution in [-0.4, -0.2) is 23.8 Å². The molecule has 0 aromatic heterocycles. The van der Waals surface area contributed by atoms with Crippen LogP contribution in [0.4, 0.5) is 11.4 Å². The molecular weight excluding hydrogens is 434 g/mol. The van der Waals surface area contributed by atoms with Crippen LogP contribution in [0, 0.1) is 10.1 Å². The van der Waals surface area contributed by atoms with Crippen molar-refractivity contribution in [2.75, 3.05) is 12.4 Å². The lowest BCUT2D eigenvalue weighted by Crippen LogP contribution is -2.30. The van der Waals surface area contributed by atoms with Gasteiger partial charge in [0.25, 0.3) is 17.5 Å². The molecule has 0 aliphatic heterocycles. The Labute approximate surface area is 188 Å². The molecule has 2 amide bonds. The summed E-state index contributed by atoms with van der Waals surface area (Å²) in [4.78, 5) is 36.2. The van der Waals surface area contributed by atoms with Gasteiger partial charge in [0.15, 0.2) is 0 Å². The number of nitro benzene ring substituents is 1. The van der Waals surface area contributed by atoms with E-state index < -0.39 is 16.7 Å². The average Bonchev–Trinajstić information content (AvgIpc) is 2.79. The maximum absolute atomic E-state index is 12.9. The molecule has 0 saturated carbocycles. The third-order valence-corrected chi connectivity index (χ3v) is 4.68. The van der Waals surface area contributed by atoms with Gasteiger partial charge in [-0.25, -0.2) is 0 Å². The minimum Gasteiger partial charge on any atom is -0.497 e. The first-order chi connectivity index (χ1) is 15.4. The topological polar surface area (TPSA) is 111 Å². The van der Waals surface area contributed by atoms with E-state index in [0.29, 0.717) is 17.0 Å². The van der Waals surface area contributed by atoms with Gasteiger partial charge in [-0.2, -0.15) is 0 Å². The van der Waals surface area contributed by atoms with Crippen LogP contribution in [0.1, 0.15) is 15.9 Å². The Morgan fingerprint density at radius 1 is 1.03 bits per heavy atom. The Morgan fingerprint density at radius 2 is 1.75 bits per heavy atom. The number of nitrogens with zero attached hydrogens (tertiary/aromatic N) is 1. The molecule has 9 heteroatoms. The van der Waals surface area contributed by atoms with E-state index in [4.69, 9.17) is 16.3 Å². The van der Waals surface area contributed by atoms with Crippen molar-refractivity contribution in [2.24, 2.45) is 0 Å². The van der Waals surface area contributed by atoms with Gasteiger partial charge in [-0.1, -0.05) is 35.9 Å². The molecule has 2 N–H and O–H groups in total. The van der Waals surface area contributed by atoms with Gasteiger partial charge in [0.2, 0.25) is 0 Å². The first kappa shape index (κ1) is 22.5. The molecule has 0 unspecified atom stereocenters. The monoisotopic (exact) mass is 451 g/mol. The number of ether oxygens (including phenoxy) is 1. The third-order valence-electron chi connectivity index (χ3n) is 4.35. The van der Waals surface area contributed by atoms with E-state index >= 15 is 0 Å². The van der Waals surface area contributed by atoms with Gasteiger partial charge < -0.3 is 15.4 Å². The fourth-order valence-electron chi connectivity index (χ4n) is 2.76. The van der Waals surface area contributed by atoms with E-state index in [2.05, 4.69) is 10.6 Å². The first-order valence-corrected chi connectivity index (χ1v) is 9.72. The molecule has 8 nitrogen and oxygen atoms in total. The maximum atomic E-state index is 12.9. The molecule has 3 aromatic rings. The molecule has 0 fully saturated rings. The summed E-state index contributed by atoms with van der Waals surface area (Å²) in [6.45, 7) is 0. The number of rotatable bonds is 7. The second-order valence-electron chi connectivity index (χ2n) is 6.53.